The maximum absolute atomic E-state index is 11.8. The first-order valence-electron chi connectivity index (χ1n) is 6.01. The maximum atomic E-state index is 11.8. The summed E-state index contributed by atoms with van der Waals surface area (Å²) in [5.74, 6) is -0.0664. The van der Waals surface area contributed by atoms with Crippen molar-refractivity contribution >= 4 is 15.6 Å². The number of hydrogen-bond donors (Lipinski definition) is 1. The molecule has 18 heavy (non-hydrogen) atoms. The molecule has 0 fully saturated rings. The lowest BCUT2D eigenvalue weighted by Crippen LogP contribution is -2.14. The van der Waals surface area contributed by atoms with Crippen LogP contribution in [0.15, 0.2) is 24.3 Å². The summed E-state index contributed by atoms with van der Waals surface area (Å²) in [5.41, 5.74) is 6.95. The quantitative estimate of drug-likeness (QED) is 0.762. The van der Waals surface area contributed by atoms with Crippen LogP contribution in [0.4, 0.5) is 0 Å². The lowest BCUT2D eigenvalue weighted by atomic mass is 10.1. The third kappa shape index (κ3) is 4.58. The van der Waals surface area contributed by atoms with E-state index in [-0.39, 0.29) is 23.7 Å². The number of Topliss-reactive ketones (excluding diaryl/α,β-unsaturated/α-hetero) is 1. The van der Waals surface area contributed by atoms with Crippen molar-refractivity contribution in [3.8, 4) is 0 Å². The van der Waals surface area contributed by atoms with Gasteiger partial charge < -0.3 is 5.73 Å². The molecule has 0 aliphatic heterocycles. The number of benzene rings is 1. The van der Waals surface area contributed by atoms with Gasteiger partial charge in [0.2, 0.25) is 0 Å². The Labute approximate surface area is 108 Å². The highest BCUT2D eigenvalue weighted by Crippen LogP contribution is 2.08. The summed E-state index contributed by atoms with van der Waals surface area (Å²) in [4.78, 5) is 11.8. The van der Waals surface area contributed by atoms with E-state index in [1.54, 1.807) is 24.3 Å². The van der Waals surface area contributed by atoms with Gasteiger partial charge in [0.05, 0.1) is 5.75 Å². The van der Waals surface area contributed by atoms with Gasteiger partial charge in [0, 0.05) is 24.3 Å². The predicted octanol–water partition coefficient (Wildman–Crippen LogP) is 1.54. The maximum Gasteiger partial charge on any atom is 0.163 e. The Morgan fingerprint density at radius 1 is 1.17 bits per heavy atom. The van der Waals surface area contributed by atoms with Crippen LogP contribution in [0.2, 0.25) is 0 Å². The third-order valence-corrected chi connectivity index (χ3v) is 4.52. The van der Waals surface area contributed by atoms with Crippen LogP contribution in [0.1, 0.15) is 35.7 Å². The number of sulfone groups is 1. The topological polar surface area (TPSA) is 77.2 Å². The van der Waals surface area contributed by atoms with Gasteiger partial charge >= 0.3 is 0 Å². The number of carbonyl (C=O) groups is 1. The van der Waals surface area contributed by atoms with Crippen molar-refractivity contribution in [2.24, 2.45) is 5.73 Å². The van der Waals surface area contributed by atoms with E-state index >= 15 is 0 Å². The van der Waals surface area contributed by atoms with Gasteiger partial charge in [-0.15, -0.1) is 0 Å². The minimum absolute atomic E-state index is 0.0459. The largest absolute Gasteiger partial charge is 0.326 e. The average Bonchev–Trinajstić information content (AvgIpc) is 2.36. The summed E-state index contributed by atoms with van der Waals surface area (Å²) >= 11 is 0. The molecule has 0 saturated heterocycles. The molecule has 0 spiro atoms. The number of hydrogen-bond acceptors (Lipinski definition) is 4. The number of carbonyl (C=O) groups excluding carboxylic acids is 1. The van der Waals surface area contributed by atoms with Gasteiger partial charge in [0.25, 0.3) is 0 Å². The van der Waals surface area contributed by atoms with E-state index in [4.69, 9.17) is 5.73 Å². The van der Waals surface area contributed by atoms with E-state index in [0.717, 1.165) is 5.56 Å². The molecule has 0 amide bonds. The van der Waals surface area contributed by atoms with Crippen molar-refractivity contribution in [2.75, 3.05) is 11.5 Å². The molecule has 0 atom stereocenters. The average molecular weight is 269 g/mol. The SMILES string of the molecule is CCCS(=O)(=O)CCC(=O)c1ccc(CN)cc1. The zero-order valence-electron chi connectivity index (χ0n) is 10.6. The minimum atomic E-state index is -3.09. The number of ketones is 1. The first-order chi connectivity index (χ1) is 8.48. The molecule has 4 nitrogen and oxygen atoms in total. The van der Waals surface area contributed by atoms with E-state index in [1.165, 1.54) is 0 Å². The molecule has 1 aromatic carbocycles. The van der Waals surface area contributed by atoms with Crippen molar-refractivity contribution in [1.82, 2.24) is 0 Å². The minimum Gasteiger partial charge on any atom is -0.326 e. The third-order valence-electron chi connectivity index (χ3n) is 2.67. The van der Waals surface area contributed by atoms with Crippen molar-refractivity contribution in [3.05, 3.63) is 35.4 Å². The van der Waals surface area contributed by atoms with Gasteiger partial charge in [0.15, 0.2) is 15.6 Å². The molecule has 0 aromatic heterocycles. The lowest BCUT2D eigenvalue weighted by Gasteiger charge is -2.03. The summed E-state index contributed by atoms with van der Waals surface area (Å²) in [6.45, 7) is 2.24. The van der Waals surface area contributed by atoms with Gasteiger partial charge in [-0.1, -0.05) is 31.2 Å². The van der Waals surface area contributed by atoms with E-state index in [1.807, 2.05) is 6.92 Å². The Balaban J connectivity index is 2.60. The molecule has 0 bridgehead atoms. The van der Waals surface area contributed by atoms with Gasteiger partial charge in [-0.2, -0.15) is 0 Å². The fourth-order valence-corrected chi connectivity index (χ4v) is 2.95. The van der Waals surface area contributed by atoms with Crippen LogP contribution in [0.25, 0.3) is 0 Å². The van der Waals surface area contributed by atoms with Crippen molar-refractivity contribution in [2.45, 2.75) is 26.3 Å². The second-order valence-corrected chi connectivity index (χ2v) is 6.53. The Bertz CT molecular complexity index is 491. The number of rotatable bonds is 7. The zero-order chi connectivity index (χ0) is 13.6. The lowest BCUT2D eigenvalue weighted by molar-refractivity contribution is 0.0989. The van der Waals surface area contributed by atoms with Gasteiger partial charge in [-0.3, -0.25) is 4.79 Å². The highest BCUT2D eigenvalue weighted by atomic mass is 32.2. The van der Waals surface area contributed by atoms with E-state index < -0.39 is 9.84 Å². The second kappa shape index (κ2) is 6.66. The van der Waals surface area contributed by atoms with Crippen molar-refractivity contribution in [1.29, 1.82) is 0 Å². The van der Waals surface area contributed by atoms with Crippen LogP contribution in [0.3, 0.4) is 0 Å². The van der Waals surface area contributed by atoms with E-state index in [9.17, 15) is 13.2 Å². The molecular weight excluding hydrogens is 250 g/mol. The Morgan fingerprint density at radius 3 is 2.28 bits per heavy atom. The molecule has 5 heteroatoms. The number of nitrogens with two attached hydrogens (primary N) is 1. The summed E-state index contributed by atoms with van der Waals surface area (Å²) in [5, 5.41) is 0. The fraction of sp³-hybridized carbons (Fsp3) is 0.462. The van der Waals surface area contributed by atoms with Crippen LogP contribution < -0.4 is 5.73 Å². The van der Waals surface area contributed by atoms with Crippen LogP contribution >= 0.6 is 0 Å². The van der Waals surface area contributed by atoms with E-state index in [0.29, 0.717) is 18.5 Å². The molecule has 2 N–H and O–H groups in total. The monoisotopic (exact) mass is 269 g/mol. The summed E-state index contributed by atoms with van der Waals surface area (Å²) in [6.07, 6.45) is 0.631. The van der Waals surface area contributed by atoms with Gasteiger partial charge in [0.1, 0.15) is 0 Å². The Hall–Kier alpha value is -1.20. The fourth-order valence-electron chi connectivity index (χ4n) is 1.63. The highest BCUT2D eigenvalue weighted by Gasteiger charge is 2.13. The molecule has 0 aliphatic rings. The molecule has 0 saturated carbocycles. The molecule has 1 aromatic rings. The predicted molar refractivity (Wildman–Crippen MR) is 72.2 cm³/mol. The Kier molecular flexibility index (Phi) is 5.50. The van der Waals surface area contributed by atoms with Crippen LogP contribution in [-0.4, -0.2) is 25.7 Å². The summed E-state index contributed by atoms with van der Waals surface area (Å²) < 4.78 is 23.0. The molecule has 100 valence electrons. The molecule has 0 aliphatic carbocycles. The molecule has 0 unspecified atom stereocenters. The van der Waals surface area contributed by atoms with Crippen molar-refractivity contribution in [3.63, 3.8) is 0 Å². The molecule has 1 rings (SSSR count). The molecule has 0 radical (unpaired) electrons. The zero-order valence-corrected chi connectivity index (χ0v) is 11.4. The highest BCUT2D eigenvalue weighted by molar-refractivity contribution is 7.91. The first-order valence-corrected chi connectivity index (χ1v) is 7.83. The first kappa shape index (κ1) is 14.9. The van der Waals surface area contributed by atoms with Gasteiger partial charge in [-0.05, 0) is 12.0 Å². The van der Waals surface area contributed by atoms with Gasteiger partial charge in [-0.25, -0.2) is 8.42 Å². The standard InChI is InChI=1S/C13H19NO3S/c1-2-8-18(16,17)9-7-13(15)12-5-3-11(10-14)4-6-12/h3-6H,2,7-10,14H2,1H3. The van der Waals surface area contributed by atoms with Crippen LogP contribution in [0, 0.1) is 0 Å². The second-order valence-electron chi connectivity index (χ2n) is 4.23. The summed E-state index contributed by atoms with van der Waals surface area (Å²) in [6, 6.07) is 6.95. The Morgan fingerprint density at radius 2 is 1.78 bits per heavy atom. The van der Waals surface area contributed by atoms with Crippen LogP contribution in [0.5, 0.6) is 0 Å². The normalized spacial score (nSPS) is 11.4. The van der Waals surface area contributed by atoms with Crippen molar-refractivity contribution < 1.29 is 13.2 Å². The summed E-state index contributed by atoms with van der Waals surface area (Å²) in [7, 11) is -3.09. The van der Waals surface area contributed by atoms with Crippen LogP contribution in [-0.2, 0) is 16.4 Å². The molecule has 0 heterocycles. The molecular formula is C13H19NO3S. The van der Waals surface area contributed by atoms with E-state index in [2.05, 4.69) is 0 Å². The smallest absolute Gasteiger partial charge is 0.163 e.